The van der Waals surface area contributed by atoms with E-state index >= 15 is 0 Å². The third-order valence-electron chi connectivity index (χ3n) is 5.25. The summed E-state index contributed by atoms with van der Waals surface area (Å²) in [6, 6.07) is 21.0. The van der Waals surface area contributed by atoms with Crippen molar-refractivity contribution in [2.45, 2.75) is 32.9 Å². The van der Waals surface area contributed by atoms with Crippen molar-refractivity contribution < 1.29 is 19.1 Å². The van der Waals surface area contributed by atoms with Crippen LogP contribution in [0.15, 0.2) is 77.9 Å². The summed E-state index contributed by atoms with van der Waals surface area (Å²) in [6.07, 6.45) is 1.97. The molecule has 0 saturated heterocycles. The number of amides is 2. The van der Waals surface area contributed by atoms with Crippen LogP contribution in [0.4, 0.5) is 0 Å². The van der Waals surface area contributed by atoms with Gasteiger partial charge in [-0.1, -0.05) is 55.8 Å². The van der Waals surface area contributed by atoms with Crippen molar-refractivity contribution >= 4 is 29.6 Å². The van der Waals surface area contributed by atoms with Gasteiger partial charge in [-0.3, -0.25) is 9.59 Å². The van der Waals surface area contributed by atoms with Crippen LogP contribution < -0.4 is 20.2 Å². The van der Waals surface area contributed by atoms with Gasteiger partial charge in [0.15, 0.2) is 11.5 Å². The second-order valence-corrected chi connectivity index (χ2v) is 9.02. The predicted octanol–water partition coefficient (Wildman–Crippen LogP) is 5.22. The third-order valence-corrected chi connectivity index (χ3v) is 5.50. The molecule has 0 aliphatic rings. The first-order chi connectivity index (χ1) is 17.4. The molecule has 0 aromatic heterocycles. The molecular weight excluding hydrogens is 478 g/mol. The molecule has 2 N–H and O–H groups in total. The highest BCUT2D eigenvalue weighted by Gasteiger charge is 2.22. The van der Waals surface area contributed by atoms with E-state index in [1.165, 1.54) is 6.21 Å². The van der Waals surface area contributed by atoms with Crippen molar-refractivity contribution in [2.24, 2.45) is 11.0 Å². The molecule has 0 heterocycles. The number of halogens is 1. The van der Waals surface area contributed by atoms with Gasteiger partial charge in [0.05, 0.1) is 13.3 Å². The number of methoxy groups -OCH3 is 1. The topological polar surface area (TPSA) is 89.0 Å². The Kier molecular flexibility index (Phi) is 9.89. The Morgan fingerprint density at radius 3 is 2.39 bits per heavy atom. The number of carbonyl (C=O) groups is 2. The summed E-state index contributed by atoms with van der Waals surface area (Å²) in [5, 5.41) is 7.38. The fourth-order valence-corrected chi connectivity index (χ4v) is 3.54. The average Bonchev–Trinajstić information content (AvgIpc) is 2.88. The summed E-state index contributed by atoms with van der Waals surface area (Å²) in [7, 11) is 1.56. The van der Waals surface area contributed by atoms with E-state index in [9.17, 15) is 9.59 Å². The van der Waals surface area contributed by atoms with E-state index in [1.54, 1.807) is 43.5 Å². The van der Waals surface area contributed by atoms with E-state index in [2.05, 4.69) is 15.8 Å². The van der Waals surface area contributed by atoms with Crippen LogP contribution in [0.1, 0.15) is 41.8 Å². The van der Waals surface area contributed by atoms with E-state index in [0.29, 0.717) is 40.7 Å². The second-order valence-electron chi connectivity index (χ2n) is 8.58. The van der Waals surface area contributed by atoms with Crippen LogP contribution in [0.25, 0.3) is 0 Å². The average molecular weight is 508 g/mol. The Hall–Kier alpha value is -3.84. The molecule has 2 amide bonds. The van der Waals surface area contributed by atoms with Crippen molar-refractivity contribution in [3.05, 3.63) is 94.5 Å². The zero-order chi connectivity index (χ0) is 25.9. The number of ether oxygens (including phenoxy) is 2. The molecule has 1 unspecified atom stereocenters. The molecule has 3 aromatic carbocycles. The molecule has 188 valence electrons. The number of hydrazone groups is 1. The Morgan fingerprint density at radius 2 is 1.72 bits per heavy atom. The summed E-state index contributed by atoms with van der Waals surface area (Å²) >= 11 is 5.89. The van der Waals surface area contributed by atoms with Gasteiger partial charge in [-0.05, 0) is 65.9 Å². The van der Waals surface area contributed by atoms with Gasteiger partial charge in [0.25, 0.3) is 11.8 Å². The summed E-state index contributed by atoms with van der Waals surface area (Å²) in [6.45, 7) is 4.37. The van der Waals surface area contributed by atoms with Crippen molar-refractivity contribution in [3.8, 4) is 11.5 Å². The van der Waals surface area contributed by atoms with E-state index in [1.807, 2.05) is 50.2 Å². The number of hydrogen-bond donors (Lipinski definition) is 2. The van der Waals surface area contributed by atoms with Gasteiger partial charge >= 0.3 is 0 Å². The predicted molar refractivity (Wildman–Crippen MR) is 142 cm³/mol. The molecule has 3 rings (SSSR count). The lowest BCUT2D eigenvalue weighted by Crippen LogP contribution is -2.46. The minimum Gasteiger partial charge on any atom is -0.493 e. The molecule has 0 saturated carbocycles. The van der Waals surface area contributed by atoms with Gasteiger partial charge in [0, 0.05) is 10.6 Å². The molecule has 0 aliphatic heterocycles. The SMILES string of the molecule is COc1cc(/C=N/NC(=O)C(CC(C)C)NC(=O)c2ccc(Cl)cc2)ccc1OCc1ccccc1. The Labute approximate surface area is 216 Å². The number of carbonyl (C=O) groups excluding carboxylic acids is 2. The lowest BCUT2D eigenvalue weighted by Gasteiger charge is -2.19. The third kappa shape index (κ3) is 8.13. The Bertz CT molecular complexity index is 1180. The quantitative estimate of drug-likeness (QED) is 0.275. The highest BCUT2D eigenvalue weighted by Crippen LogP contribution is 2.28. The molecule has 0 spiro atoms. The van der Waals surface area contributed by atoms with Crippen LogP contribution in [0, 0.1) is 5.92 Å². The van der Waals surface area contributed by atoms with Gasteiger partial charge in [-0.2, -0.15) is 5.10 Å². The number of nitrogens with one attached hydrogen (secondary N) is 2. The number of rotatable bonds is 11. The van der Waals surface area contributed by atoms with E-state index in [4.69, 9.17) is 21.1 Å². The van der Waals surface area contributed by atoms with Crippen molar-refractivity contribution in [1.29, 1.82) is 0 Å². The van der Waals surface area contributed by atoms with Crippen molar-refractivity contribution in [1.82, 2.24) is 10.7 Å². The molecule has 7 nitrogen and oxygen atoms in total. The number of hydrogen-bond acceptors (Lipinski definition) is 5. The monoisotopic (exact) mass is 507 g/mol. The van der Waals surface area contributed by atoms with E-state index in [0.717, 1.165) is 5.56 Å². The highest BCUT2D eigenvalue weighted by molar-refractivity contribution is 6.30. The van der Waals surface area contributed by atoms with E-state index in [-0.39, 0.29) is 11.8 Å². The van der Waals surface area contributed by atoms with Gasteiger partial charge in [0.2, 0.25) is 0 Å². The maximum Gasteiger partial charge on any atom is 0.262 e. The first-order valence-corrected chi connectivity index (χ1v) is 12.0. The normalized spacial score (nSPS) is 11.8. The zero-order valence-electron chi connectivity index (χ0n) is 20.5. The zero-order valence-corrected chi connectivity index (χ0v) is 21.3. The van der Waals surface area contributed by atoms with Crippen molar-refractivity contribution in [2.75, 3.05) is 7.11 Å². The second kappa shape index (κ2) is 13.3. The van der Waals surface area contributed by atoms with Gasteiger partial charge in [0.1, 0.15) is 12.6 Å². The van der Waals surface area contributed by atoms with Crippen LogP contribution in [-0.2, 0) is 11.4 Å². The molecule has 0 radical (unpaired) electrons. The largest absolute Gasteiger partial charge is 0.493 e. The van der Waals surface area contributed by atoms with Crippen LogP contribution in [0.5, 0.6) is 11.5 Å². The fraction of sp³-hybridized carbons (Fsp3) is 0.250. The maximum atomic E-state index is 12.8. The summed E-state index contributed by atoms with van der Waals surface area (Å²) in [5.74, 6) is 0.575. The first kappa shape index (κ1) is 26.8. The maximum absolute atomic E-state index is 12.8. The minimum absolute atomic E-state index is 0.183. The van der Waals surface area contributed by atoms with Crippen LogP contribution in [-0.4, -0.2) is 31.2 Å². The summed E-state index contributed by atoms with van der Waals surface area (Å²) in [4.78, 5) is 25.4. The molecule has 0 bridgehead atoms. The minimum atomic E-state index is -0.742. The summed E-state index contributed by atoms with van der Waals surface area (Å²) in [5.41, 5.74) is 4.71. The standard InChI is InChI=1S/C28H30ClN3O4/c1-19(2)15-24(31-27(33)22-10-12-23(29)13-11-22)28(34)32-30-17-21-9-14-25(26(16-21)35-3)36-18-20-7-5-4-6-8-20/h4-14,16-17,19,24H,15,18H2,1-3H3,(H,31,33)(H,32,34)/b30-17+. The number of benzene rings is 3. The molecule has 8 heteroatoms. The molecule has 0 aliphatic carbocycles. The lowest BCUT2D eigenvalue weighted by molar-refractivity contribution is -0.123. The van der Waals surface area contributed by atoms with Crippen LogP contribution in [0.2, 0.25) is 5.02 Å². The summed E-state index contributed by atoms with van der Waals surface area (Å²) < 4.78 is 11.3. The van der Waals surface area contributed by atoms with Crippen LogP contribution in [0.3, 0.4) is 0 Å². The molecule has 1 atom stereocenters. The van der Waals surface area contributed by atoms with Gasteiger partial charge in [-0.25, -0.2) is 5.43 Å². The van der Waals surface area contributed by atoms with Gasteiger partial charge < -0.3 is 14.8 Å². The lowest BCUT2D eigenvalue weighted by atomic mass is 10.0. The Morgan fingerprint density at radius 1 is 1.00 bits per heavy atom. The first-order valence-electron chi connectivity index (χ1n) is 11.6. The Balaban J connectivity index is 1.61. The molecule has 0 fully saturated rings. The van der Waals surface area contributed by atoms with Gasteiger partial charge in [-0.15, -0.1) is 0 Å². The van der Waals surface area contributed by atoms with E-state index < -0.39 is 11.9 Å². The number of nitrogens with zero attached hydrogens (tertiary/aromatic N) is 1. The smallest absolute Gasteiger partial charge is 0.262 e. The fourth-order valence-electron chi connectivity index (χ4n) is 3.41. The highest BCUT2D eigenvalue weighted by atomic mass is 35.5. The molecule has 3 aromatic rings. The molecule has 36 heavy (non-hydrogen) atoms. The van der Waals surface area contributed by atoms with Crippen molar-refractivity contribution in [3.63, 3.8) is 0 Å². The molecular formula is C28H30ClN3O4. The van der Waals surface area contributed by atoms with Crippen LogP contribution >= 0.6 is 11.6 Å².